The van der Waals surface area contributed by atoms with Crippen molar-refractivity contribution >= 4 is 17.5 Å². The summed E-state index contributed by atoms with van der Waals surface area (Å²) in [6.07, 6.45) is 3.48. The zero-order chi connectivity index (χ0) is 16.9. The topological polar surface area (TPSA) is 42.4 Å². The zero-order valence-electron chi connectivity index (χ0n) is 13.1. The van der Waals surface area contributed by atoms with E-state index >= 15 is 0 Å². The third kappa shape index (κ3) is 4.30. The highest BCUT2D eigenvalue weighted by molar-refractivity contribution is 6.29. The van der Waals surface area contributed by atoms with Crippen molar-refractivity contribution in [2.45, 2.75) is 25.5 Å². The summed E-state index contributed by atoms with van der Waals surface area (Å²) in [5, 5.41) is 0.277. The summed E-state index contributed by atoms with van der Waals surface area (Å²) in [5.41, 5.74) is 1.35. The minimum absolute atomic E-state index is 0.0340. The van der Waals surface area contributed by atoms with Gasteiger partial charge in [-0.05, 0) is 42.7 Å². The predicted octanol–water partition coefficient (Wildman–Crippen LogP) is 3.70. The van der Waals surface area contributed by atoms with Gasteiger partial charge in [0.25, 0.3) is 5.91 Å². The second-order valence-corrected chi connectivity index (χ2v) is 6.20. The first-order valence-corrected chi connectivity index (χ1v) is 8.26. The minimum atomic E-state index is -0.295. The van der Waals surface area contributed by atoms with Gasteiger partial charge in [-0.25, -0.2) is 9.37 Å². The number of aromatic nitrogens is 1. The highest BCUT2D eigenvalue weighted by Gasteiger charge is 2.24. The van der Waals surface area contributed by atoms with E-state index in [4.69, 9.17) is 16.3 Å². The lowest BCUT2D eigenvalue weighted by atomic mass is 10.1. The fourth-order valence-corrected chi connectivity index (χ4v) is 2.96. The maximum absolute atomic E-state index is 13.1. The summed E-state index contributed by atoms with van der Waals surface area (Å²) < 4.78 is 18.8. The van der Waals surface area contributed by atoms with Crippen LogP contribution in [0, 0.1) is 5.82 Å². The molecular formula is C18H18ClFN2O2. The van der Waals surface area contributed by atoms with Crippen LogP contribution < -0.4 is 0 Å². The molecule has 0 N–H and O–H groups in total. The molecule has 1 aliphatic rings. The van der Waals surface area contributed by atoms with Gasteiger partial charge in [-0.3, -0.25) is 4.79 Å². The number of hydrogen-bond donors (Lipinski definition) is 0. The number of rotatable bonds is 5. The highest BCUT2D eigenvalue weighted by atomic mass is 35.5. The van der Waals surface area contributed by atoms with Crippen LogP contribution in [-0.2, 0) is 11.3 Å². The Balaban J connectivity index is 1.80. The first-order valence-electron chi connectivity index (χ1n) is 7.89. The normalized spacial score (nSPS) is 17.0. The number of ether oxygens (including phenoxy) is 1. The second kappa shape index (κ2) is 7.73. The zero-order valence-corrected chi connectivity index (χ0v) is 13.9. The molecule has 1 aromatic carbocycles. The van der Waals surface area contributed by atoms with Crippen LogP contribution in [0.25, 0.3) is 0 Å². The number of pyridine rings is 1. The molecule has 2 heterocycles. The first-order chi connectivity index (χ1) is 11.6. The summed E-state index contributed by atoms with van der Waals surface area (Å²) in [7, 11) is 0. The number of amides is 1. The van der Waals surface area contributed by atoms with Crippen LogP contribution in [0.1, 0.15) is 28.8 Å². The van der Waals surface area contributed by atoms with Crippen LogP contribution >= 0.6 is 11.6 Å². The van der Waals surface area contributed by atoms with Crippen molar-refractivity contribution in [1.29, 1.82) is 0 Å². The molecule has 0 aliphatic carbocycles. The van der Waals surface area contributed by atoms with Crippen LogP contribution in [-0.4, -0.2) is 35.0 Å². The van der Waals surface area contributed by atoms with Crippen LogP contribution in [0.3, 0.4) is 0 Å². The van der Waals surface area contributed by atoms with Crippen molar-refractivity contribution in [3.8, 4) is 0 Å². The quantitative estimate of drug-likeness (QED) is 0.774. The first kappa shape index (κ1) is 16.9. The number of carbonyl (C=O) groups is 1. The SMILES string of the molecule is O=C(c1ccnc(Cl)c1)N(Cc1ccc(F)cc1)CC1CCCO1. The maximum atomic E-state index is 13.1. The molecule has 1 unspecified atom stereocenters. The molecule has 1 fully saturated rings. The molecule has 1 aliphatic heterocycles. The maximum Gasteiger partial charge on any atom is 0.254 e. The lowest BCUT2D eigenvalue weighted by molar-refractivity contribution is 0.0507. The monoisotopic (exact) mass is 348 g/mol. The number of halogens is 2. The van der Waals surface area contributed by atoms with Crippen molar-refractivity contribution in [1.82, 2.24) is 9.88 Å². The highest BCUT2D eigenvalue weighted by Crippen LogP contribution is 2.18. The molecule has 0 radical (unpaired) electrons. The Bertz CT molecular complexity index is 702. The number of carbonyl (C=O) groups excluding carboxylic acids is 1. The average Bonchev–Trinajstić information content (AvgIpc) is 3.09. The Morgan fingerprint density at radius 2 is 2.12 bits per heavy atom. The van der Waals surface area contributed by atoms with Gasteiger partial charge in [0.2, 0.25) is 0 Å². The van der Waals surface area contributed by atoms with Gasteiger partial charge in [0, 0.05) is 31.5 Å². The summed E-state index contributed by atoms with van der Waals surface area (Å²) >= 11 is 5.89. The summed E-state index contributed by atoms with van der Waals surface area (Å²) in [4.78, 5) is 18.5. The van der Waals surface area contributed by atoms with E-state index < -0.39 is 0 Å². The Morgan fingerprint density at radius 1 is 1.33 bits per heavy atom. The summed E-state index contributed by atoms with van der Waals surface area (Å²) in [6, 6.07) is 9.36. The lowest BCUT2D eigenvalue weighted by Gasteiger charge is -2.26. The van der Waals surface area contributed by atoms with E-state index in [1.54, 1.807) is 29.2 Å². The predicted molar refractivity (Wildman–Crippen MR) is 89.4 cm³/mol. The molecule has 2 aromatic rings. The van der Waals surface area contributed by atoms with Gasteiger partial charge in [0.15, 0.2) is 0 Å². The van der Waals surface area contributed by atoms with Gasteiger partial charge in [-0.15, -0.1) is 0 Å². The smallest absolute Gasteiger partial charge is 0.254 e. The van der Waals surface area contributed by atoms with Gasteiger partial charge >= 0.3 is 0 Å². The number of hydrogen-bond acceptors (Lipinski definition) is 3. The van der Waals surface area contributed by atoms with Crippen LogP contribution in [0.4, 0.5) is 4.39 Å². The molecule has 3 rings (SSSR count). The van der Waals surface area contributed by atoms with Crippen LogP contribution in [0.5, 0.6) is 0 Å². The molecule has 1 aromatic heterocycles. The van der Waals surface area contributed by atoms with Crippen molar-refractivity contribution in [2.75, 3.05) is 13.2 Å². The van der Waals surface area contributed by atoms with Crippen molar-refractivity contribution in [3.63, 3.8) is 0 Å². The molecule has 0 saturated carbocycles. The molecule has 0 bridgehead atoms. The molecule has 6 heteroatoms. The van der Waals surface area contributed by atoms with E-state index in [2.05, 4.69) is 4.98 Å². The molecule has 1 saturated heterocycles. The van der Waals surface area contributed by atoms with E-state index in [0.29, 0.717) is 18.7 Å². The van der Waals surface area contributed by atoms with Gasteiger partial charge < -0.3 is 9.64 Å². The van der Waals surface area contributed by atoms with E-state index in [1.807, 2.05) is 0 Å². The standard InChI is InChI=1S/C18H18ClFN2O2/c19-17-10-14(7-8-21-17)18(23)22(12-16-2-1-9-24-16)11-13-3-5-15(20)6-4-13/h3-8,10,16H,1-2,9,11-12H2. The van der Waals surface area contributed by atoms with Crippen molar-refractivity contribution in [3.05, 3.63) is 64.7 Å². The van der Waals surface area contributed by atoms with Gasteiger partial charge in [0.1, 0.15) is 11.0 Å². The molecule has 24 heavy (non-hydrogen) atoms. The van der Waals surface area contributed by atoms with Crippen LogP contribution in [0.2, 0.25) is 5.15 Å². The van der Waals surface area contributed by atoms with E-state index in [1.165, 1.54) is 18.3 Å². The molecule has 1 atom stereocenters. The largest absolute Gasteiger partial charge is 0.376 e. The number of nitrogens with zero attached hydrogens (tertiary/aromatic N) is 2. The third-order valence-electron chi connectivity index (χ3n) is 4.00. The Kier molecular flexibility index (Phi) is 5.43. The molecule has 0 spiro atoms. The van der Waals surface area contributed by atoms with E-state index in [9.17, 15) is 9.18 Å². The van der Waals surface area contributed by atoms with Crippen molar-refractivity contribution < 1.29 is 13.9 Å². The molecular weight excluding hydrogens is 331 g/mol. The fourth-order valence-electron chi connectivity index (χ4n) is 2.78. The number of benzene rings is 1. The van der Waals surface area contributed by atoms with E-state index in [0.717, 1.165) is 25.0 Å². The third-order valence-corrected chi connectivity index (χ3v) is 4.20. The Hall–Kier alpha value is -1.98. The minimum Gasteiger partial charge on any atom is -0.376 e. The Labute approximate surface area is 145 Å². The van der Waals surface area contributed by atoms with Crippen LogP contribution in [0.15, 0.2) is 42.6 Å². The van der Waals surface area contributed by atoms with Gasteiger partial charge in [-0.2, -0.15) is 0 Å². The molecule has 126 valence electrons. The lowest BCUT2D eigenvalue weighted by Crippen LogP contribution is -2.37. The van der Waals surface area contributed by atoms with Crippen molar-refractivity contribution in [2.24, 2.45) is 0 Å². The second-order valence-electron chi connectivity index (χ2n) is 5.81. The van der Waals surface area contributed by atoms with E-state index in [-0.39, 0.29) is 23.0 Å². The molecule has 4 nitrogen and oxygen atoms in total. The van der Waals surface area contributed by atoms with Gasteiger partial charge in [-0.1, -0.05) is 23.7 Å². The summed E-state index contributed by atoms with van der Waals surface area (Å²) in [6.45, 7) is 1.61. The Morgan fingerprint density at radius 3 is 2.79 bits per heavy atom. The average molecular weight is 349 g/mol. The molecule has 1 amide bonds. The van der Waals surface area contributed by atoms with Gasteiger partial charge in [0.05, 0.1) is 6.10 Å². The summed E-state index contributed by atoms with van der Waals surface area (Å²) in [5.74, 6) is -0.434. The fraction of sp³-hybridized carbons (Fsp3) is 0.333.